The lowest BCUT2D eigenvalue weighted by atomic mass is 10.0. The molecule has 3 N–H and O–H groups in total. The predicted molar refractivity (Wildman–Crippen MR) is 57.0 cm³/mol. The summed E-state index contributed by atoms with van der Waals surface area (Å²) in [6.07, 6.45) is -0.494. The van der Waals surface area contributed by atoms with Gasteiger partial charge in [0.05, 0.1) is 12.1 Å². The molecule has 0 amide bonds. The van der Waals surface area contributed by atoms with Crippen LogP contribution in [0, 0.1) is 6.92 Å². The van der Waals surface area contributed by atoms with Gasteiger partial charge in [-0.25, -0.2) is 0 Å². The van der Waals surface area contributed by atoms with E-state index in [2.05, 4.69) is 0 Å². The van der Waals surface area contributed by atoms with Gasteiger partial charge in [-0.2, -0.15) is 0 Å². The summed E-state index contributed by atoms with van der Waals surface area (Å²) in [5.41, 5.74) is 7.92. The van der Waals surface area contributed by atoms with Crippen LogP contribution in [0.15, 0.2) is 24.3 Å². The summed E-state index contributed by atoms with van der Waals surface area (Å²) in [5.74, 6) is 0. The number of nitrogens with two attached hydrogens (primary N) is 1. The first-order chi connectivity index (χ1) is 5.61. The van der Waals surface area contributed by atoms with Crippen LogP contribution in [0.5, 0.6) is 0 Å². The maximum Gasteiger partial charge on any atom is 0.0704 e. The molecule has 0 aliphatic carbocycles. The quantitative estimate of drug-likeness (QED) is 0.767. The molecular formula is C10H16ClNO. The number of aryl methyl sites for hydroxylation is 1. The summed E-state index contributed by atoms with van der Waals surface area (Å²) >= 11 is 0. The fourth-order valence-electron chi connectivity index (χ4n) is 1.16. The maximum absolute atomic E-state index is 9.24. The lowest BCUT2D eigenvalue weighted by Gasteiger charge is -2.15. The molecule has 1 aromatic rings. The lowest BCUT2D eigenvalue weighted by molar-refractivity contribution is 0.164. The van der Waals surface area contributed by atoms with Crippen LogP contribution in [0.1, 0.15) is 24.1 Å². The Balaban J connectivity index is 0.00000144. The molecule has 3 heteroatoms. The smallest absolute Gasteiger partial charge is 0.0704 e. The molecule has 0 spiro atoms. The van der Waals surface area contributed by atoms with Gasteiger partial charge in [0.1, 0.15) is 0 Å². The Hall–Kier alpha value is -0.570. The van der Waals surface area contributed by atoms with Crippen molar-refractivity contribution in [3.8, 4) is 0 Å². The van der Waals surface area contributed by atoms with Gasteiger partial charge in [0.15, 0.2) is 0 Å². The molecule has 0 bridgehead atoms. The van der Waals surface area contributed by atoms with E-state index in [0.29, 0.717) is 0 Å². The van der Waals surface area contributed by atoms with Crippen molar-refractivity contribution in [2.45, 2.75) is 26.0 Å². The van der Waals surface area contributed by atoms with E-state index >= 15 is 0 Å². The number of aliphatic hydroxyl groups is 1. The molecule has 2 nitrogen and oxygen atoms in total. The molecular weight excluding hydrogens is 186 g/mol. The zero-order chi connectivity index (χ0) is 9.14. The third-order valence-corrected chi connectivity index (χ3v) is 1.95. The number of rotatable bonds is 2. The van der Waals surface area contributed by atoms with E-state index in [4.69, 9.17) is 5.73 Å². The van der Waals surface area contributed by atoms with E-state index in [0.717, 1.165) is 5.56 Å². The Kier molecular flexibility index (Phi) is 4.99. The molecule has 74 valence electrons. The molecule has 0 saturated heterocycles. The highest BCUT2D eigenvalue weighted by molar-refractivity contribution is 5.85. The molecule has 0 aromatic heterocycles. The fraction of sp³-hybridized carbons (Fsp3) is 0.400. The van der Waals surface area contributed by atoms with Crippen molar-refractivity contribution in [2.24, 2.45) is 5.73 Å². The van der Waals surface area contributed by atoms with Crippen LogP contribution in [-0.2, 0) is 0 Å². The van der Waals surface area contributed by atoms with Crippen LogP contribution in [0.3, 0.4) is 0 Å². The summed E-state index contributed by atoms with van der Waals surface area (Å²) < 4.78 is 0. The Morgan fingerprint density at radius 2 is 2.00 bits per heavy atom. The average molecular weight is 202 g/mol. The van der Waals surface area contributed by atoms with Crippen molar-refractivity contribution in [2.75, 3.05) is 0 Å². The minimum absolute atomic E-state index is 0. The second-order valence-electron chi connectivity index (χ2n) is 3.18. The van der Waals surface area contributed by atoms with Gasteiger partial charge >= 0.3 is 0 Å². The Bertz CT molecular complexity index is 263. The second kappa shape index (κ2) is 5.22. The van der Waals surface area contributed by atoms with Gasteiger partial charge < -0.3 is 10.8 Å². The van der Waals surface area contributed by atoms with Gasteiger partial charge in [0.25, 0.3) is 0 Å². The summed E-state index contributed by atoms with van der Waals surface area (Å²) in [7, 11) is 0. The molecule has 2 unspecified atom stereocenters. The van der Waals surface area contributed by atoms with Crippen molar-refractivity contribution in [3.05, 3.63) is 35.4 Å². The van der Waals surface area contributed by atoms with Gasteiger partial charge in [-0.3, -0.25) is 0 Å². The Morgan fingerprint density at radius 3 is 2.46 bits per heavy atom. The molecule has 2 atom stereocenters. The average Bonchev–Trinajstić information content (AvgIpc) is 2.03. The Labute approximate surface area is 85.2 Å². The number of hydrogen-bond acceptors (Lipinski definition) is 2. The monoisotopic (exact) mass is 201 g/mol. The molecule has 0 fully saturated rings. The van der Waals surface area contributed by atoms with Crippen LogP contribution in [-0.4, -0.2) is 11.2 Å². The maximum atomic E-state index is 9.24. The van der Waals surface area contributed by atoms with E-state index in [-0.39, 0.29) is 18.4 Å². The number of halogens is 1. The topological polar surface area (TPSA) is 46.2 Å². The standard InChI is InChI=1S/C10H15NO.ClH/c1-7-4-3-5-9(6-7)10(11)8(2)12;/h3-6,8,10,12H,11H2,1-2H3;1H. The molecule has 0 aliphatic rings. The van der Waals surface area contributed by atoms with E-state index in [1.165, 1.54) is 5.56 Å². The highest BCUT2D eigenvalue weighted by Gasteiger charge is 2.10. The van der Waals surface area contributed by atoms with Crippen LogP contribution in [0.2, 0.25) is 0 Å². The first-order valence-electron chi connectivity index (χ1n) is 4.11. The van der Waals surface area contributed by atoms with Gasteiger partial charge in [-0.1, -0.05) is 29.8 Å². The van der Waals surface area contributed by atoms with Gasteiger partial charge in [0, 0.05) is 0 Å². The van der Waals surface area contributed by atoms with Crippen molar-refractivity contribution < 1.29 is 5.11 Å². The zero-order valence-corrected chi connectivity index (χ0v) is 8.71. The zero-order valence-electron chi connectivity index (χ0n) is 7.90. The summed E-state index contributed by atoms with van der Waals surface area (Å²) in [6.45, 7) is 3.71. The van der Waals surface area contributed by atoms with E-state index in [1.54, 1.807) is 6.92 Å². The number of benzene rings is 1. The summed E-state index contributed by atoms with van der Waals surface area (Å²) in [4.78, 5) is 0. The highest BCUT2D eigenvalue weighted by Crippen LogP contribution is 2.14. The van der Waals surface area contributed by atoms with Crippen molar-refractivity contribution in [3.63, 3.8) is 0 Å². The molecule has 1 rings (SSSR count). The SMILES string of the molecule is Cc1cccc(C(N)C(C)O)c1.Cl. The van der Waals surface area contributed by atoms with Crippen LogP contribution in [0.4, 0.5) is 0 Å². The minimum Gasteiger partial charge on any atom is -0.391 e. The van der Waals surface area contributed by atoms with Crippen molar-refractivity contribution in [1.29, 1.82) is 0 Å². The van der Waals surface area contributed by atoms with Gasteiger partial charge in [-0.15, -0.1) is 12.4 Å². The molecule has 0 heterocycles. The minimum atomic E-state index is -0.494. The number of aliphatic hydroxyl groups excluding tert-OH is 1. The van der Waals surface area contributed by atoms with E-state index in [1.807, 2.05) is 31.2 Å². The second-order valence-corrected chi connectivity index (χ2v) is 3.18. The molecule has 1 aromatic carbocycles. The predicted octanol–water partition coefficient (Wildman–Crippen LogP) is 1.80. The van der Waals surface area contributed by atoms with E-state index in [9.17, 15) is 5.11 Å². The van der Waals surface area contributed by atoms with Crippen LogP contribution < -0.4 is 5.73 Å². The molecule has 0 radical (unpaired) electrons. The summed E-state index contributed by atoms with van der Waals surface area (Å²) in [5, 5.41) is 9.24. The van der Waals surface area contributed by atoms with E-state index < -0.39 is 6.10 Å². The molecule has 0 saturated carbocycles. The normalized spacial score (nSPS) is 14.5. The highest BCUT2D eigenvalue weighted by atomic mass is 35.5. The van der Waals surface area contributed by atoms with Crippen LogP contribution in [0.25, 0.3) is 0 Å². The summed E-state index contributed by atoms with van der Waals surface area (Å²) in [6, 6.07) is 7.62. The van der Waals surface area contributed by atoms with Crippen molar-refractivity contribution in [1.82, 2.24) is 0 Å². The lowest BCUT2D eigenvalue weighted by Crippen LogP contribution is -2.23. The van der Waals surface area contributed by atoms with Crippen LogP contribution >= 0.6 is 12.4 Å². The first-order valence-corrected chi connectivity index (χ1v) is 4.11. The fourth-order valence-corrected chi connectivity index (χ4v) is 1.16. The third-order valence-electron chi connectivity index (χ3n) is 1.95. The first kappa shape index (κ1) is 12.4. The third kappa shape index (κ3) is 3.35. The largest absolute Gasteiger partial charge is 0.391 e. The Morgan fingerprint density at radius 1 is 1.38 bits per heavy atom. The number of hydrogen-bond donors (Lipinski definition) is 2. The molecule has 13 heavy (non-hydrogen) atoms. The molecule has 0 aliphatic heterocycles. The van der Waals surface area contributed by atoms with Gasteiger partial charge in [0.2, 0.25) is 0 Å². The van der Waals surface area contributed by atoms with Crippen molar-refractivity contribution >= 4 is 12.4 Å². The van der Waals surface area contributed by atoms with Gasteiger partial charge in [-0.05, 0) is 19.4 Å².